The van der Waals surface area contributed by atoms with Crippen molar-refractivity contribution in [1.82, 2.24) is 10.2 Å². The van der Waals surface area contributed by atoms with E-state index in [9.17, 15) is 0 Å². The van der Waals surface area contributed by atoms with Crippen molar-refractivity contribution in [3.63, 3.8) is 0 Å². The molecule has 2 nitrogen and oxygen atoms in total. The third-order valence-corrected chi connectivity index (χ3v) is 5.82. The predicted molar refractivity (Wildman–Crippen MR) is 89.6 cm³/mol. The smallest absolute Gasteiger partial charge is 0.0964 e. The van der Waals surface area contributed by atoms with Gasteiger partial charge in [0, 0.05) is 5.56 Å². The molecular weight excluding hydrogens is 268 g/mol. The van der Waals surface area contributed by atoms with Crippen LogP contribution in [-0.4, -0.2) is 10.2 Å². The highest BCUT2D eigenvalue weighted by molar-refractivity contribution is 5.64. The molecule has 0 spiro atoms. The lowest BCUT2D eigenvalue weighted by atomic mass is 9.91. The summed E-state index contributed by atoms with van der Waals surface area (Å²) in [6.07, 6.45) is 8.40. The second-order valence-electron chi connectivity index (χ2n) is 7.04. The van der Waals surface area contributed by atoms with Crippen molar-refractivity contribution in [2.24, 2.45) is 17.8 Å². The minimum Gasteiger partial charge on any atom is -0.158 e. The first-order valence-electron chi connectivity index (χ1n) is 8.68. The van der Waals surface area contributed by atoms with Crippen molar-refractivity contribution in [3.05, 3.63) is 47.2 Å². The van der Waals surface area contributed by atoms with Crippen LogP contribution in [-0.2, 0) is 12.8 Å². The average molecular weight is 292 g/mol. The molecule has 1 heterocycles. The zero-order valence-corrected chi connectivity index (χ0v) is 13.5. The lowest BCUT2D eigenvalue weighted by Crippen LogP contribution is -2.06. The third-order valence-electron chi connectivity index (χ3n) is 5.82. The fourth-order valence-corrected chi connectivity index (χ4v) is 4.50. The highest BCUT2D eigenvalue weighted by Gasteiger charge is 2.47. The van der Waals surface area contributed by atoms with Crippen molar-refractivity contribution >= 4 is 0 Å². The lowest BCUT2D eigenvalue weighted by Gasteiger charge is -2.16. The Morgan fingerprint density at radius 2 is 1.77 bits per heavy atom. The Morgan fingerprint density at radius 3 is 2.50 bits per heavy atom. The van der Waals surface area contributed by atoms with Crippen LogP contribution in [0.4, 0.5) is 0 Å². The molecule has 4 rings (SSSR count). The maximum Gasteiger partial charge on any atom is 0.0964 e. The molecule has 1 fully saturated rings. The van der Waals surface area contributed by atoms with Gasteiger partial charge in [-0.2, -0.15) is 10.2 Å². The van der Waals surface area contributed by atoms with Crippen LogP contribution in [0.3, 0.4) is 0 Å². The summed E-state index contributed by atoms with van der Waals surface area (Å²) >= 11 is 0. The van der Waals surface area contributed by atoms with Gasteiger partial charge in [0.1, 0.15) is 0 Å². The number of hydrogen-bond donors (Lipinski definition) is 0. The van der Waals surface area contributed by atoms with E-state index < -0.39 is 0 Å². The molecule has 22 heavy (non-hydrogen) atoms. The Morgan fingerprint density at radius 1 is 1.05 bits per heavy atom. The minimum atomic E-state index is 0.970. The molecule has 1 saturated carbocycles. The molecule has 1 aromatic heterocycles. The number of aromatic nitrogens is 2. The van der Waals surface area contributed by atoms with Crippen LogP contribution in [0.1, 0.15) is 42.9 Å². The fraction of sp³-hybridized carbons (Fsp3) is 0.500. The Kier molecular flexibility index (Phi) is 3.48. The van der Waals surface area contributed by atoms with Crippen molar-refractivity contribution in [3.8, 4) is 11.3 Å². The van der Waals surface area contributed by atoms with Gasteiger partial charge < -0.3 is 0 Å². The minimum absolute atomic E-state index is 0.970. The molecule has 0 bridgehead atoms. The van der Waals surface area contributed by atoms with Crippen LogP contribution in [0.25, 0.3) is 11.3 Å². The summed E-state index contributed by atoms with van der Waals surface area (Å²) < 4.78 is 0. The van der Waals surface area contributed by atoms with E-state index >= 15 is 0 Å². The van der Waals surface area contributed by atoms with E-state index in [2.05, 4.69) is 48.3 Å². The molecule has 0 aliphatic heterocycles. The molecule has 0 N–H and O–H groups in total. The quantitative estimate of drug-likeness (QED) is 0.808. The Labute approximate surface area is 133 Å². The van der Waals surface area contributed by atoms with Gasteiger partial charge in [-0.3, -0.25) is 0 Å². The monoisotopic (exact) mass is 292 g/mol. The van der Waals surface area contributed by atoms with Crippen LogP contribution >= 0.6 is 0 Å². The molecule has 1 aromatic carbocycles. The van der Waals surface area contributed by atoms with Gasteiger partial charge in [0.15, 0.2) is 0 Å². The number of rotatable bonds is 2. The van der Waals surface area contributed by atoms with Crippen LogP contribution in [0, 0.1) is 24.7 Å². The molecular formula is C20H24N2. The van der Waals surface area contributed by atoms with E-state index in [0.717, 1.165) is 23.4 Å². The largest absolute Gasteiger partial charge is 0.158 e. The van der Waals surface area contributed by atoms with E-state index in [1.54, 1.807) is 0 Å². The van der Waals surface area contributed by atoms with Gasteiger partial charge in [0.25, 0.3) is 0 Å². The average Bonchev–Trinajstić information content (AvgIpc) is 3.20. The summed E-state index contributed by atoms with van der Waals surface area (Å²) in [5, 5.41) is 8.79. The first kappa shape index (κ1) is 13.9. The summed E-state index contributed by atoms with van der Waals surface area (Å²) in [6, 6.07) is 8.72. The van der Waals surface area contributed by atoms with Gasteiger partial charge in [-0.25, -0.2) is 0 Å². The summed E-state index contributed by atoms with van der Waals surface area (Å²) in [5.74, 6) is 2.93. The SMILES string of the molecule is CCC1[C@H]2CCc3cnnc(-c4ccc(C)cc4)c3CC[C@@H]12. The second kappa shape index (κ2) is 5.49. The van der Waals surface area contributed by atoms with E-state index in [0.29, 0.717) is 0 Å². The van der Waals surface area contributed by atoms with Crippen LogP contribution in [0.2, 0.25) is 0 Å². The van der Waals surface area contributed by atoms with Crippen LogP contribution in [0.5, 0.6) is 0 Å². The Balaban J connectivity index is 1.69. The number of benzene rings is 1. The van der Waals surface area contributed by atoms with Crippen LogP contribution < -0.4 is 0 Å². The topological polar surface area (TPSA) is 25.8 Å². The summed E-state index contributed by atoms with van der Waals surface area (Å²) in [7, 11) is 0. The zero-order chi connectivity index (χ0) is 15.1. The summed E-state index contributed by atoms with van der Waals surface area (Å²) in [6.45, 7) is 4.48. The lowest BCUT2D eigenvalue weighted by molar-refractivity contribution is 0.584. The Bertz CT molecular complexity index is 675. The van der Waals surface area contributed by atoms with Gasteiger partial charge in [-0.15, -0.1) is 0 Å². The van der Waals surface area contributed by atoms with Gasteiger partial charge in [-0.1, -0.05) is 43.2 Å². The highest BCUT2D eigenvalue weighted by Crippen LogP contribution is 2.54. The molecule has 114 valence electrons. The molecule has 0 saturated heterocycles. The molecule has 2 aliphatic carbocycles. The maximum atomic E-state index is 4.49. The van der Waals surface area contributed by atoms with Gasteiger partial charge in [-0.05, 0) is 61.5 Å². The fourth-order valence-electron chi connectivity index (χ4n) is 4.50. The number of fused-ring (bicyclic) bond motifs is 2. The molecule has 0 radical (unpaired) electrons. The van der Waals surface area contributed by atoms with Crippen LogP contribution in [0.15, 0.2) is 30.5 Å². The number of nitrogens with zero attached hydrogens (tertiary/aromatic N) is 2. The Hall–Kier alpha value is -1.70. The number of hydrogen-bond acceptors (Lipinski definition) is 2. The second-order valence-corrected chi connectivity index (χ2v) is 7.04. The molecule has 2 aliphatic rings. The first-order valence-corrected chi connectivity index (χ1v) is 8.68. The van der Waals surface area contributed by atoms with Gasteiger partial charge >= 0.3 is 0 Å². The molecule has 2 aromatic rings. The van der Waals surface area contributed by atoms with E-state index in [1.165, 1.54) is 54.4 Å². The third kappa shape index (κ3) is 2.35. The van der Waals surface area contributed by atoms with E-state index in [4.69, 9.17) is 0 Å². The summed E-state index contributed by atoms with van der Waals surface area (Å²) in [4.78, 5) is 0. The molecule has 2 heteroatoms. The normalized spacial score (nSPS) is 26.5. The van der Waals surface area contributed by atoms with E-state index in [1.807, 2.05) is 6.20 Å². The summed E-state index contributed by atoms with van der Waals surface area (Å²) in [5.41, 5.74) is 6.52. The van der Waals surface area contributed by atoms with Crippen molar-refractivity contribution < 1.29 is 0 Å². The standard InChI is InChI=1S/C20H24N2/c1-3-16-18-9-8-15-12-21-22-20(17(15)10-11-19(16)18)14-6-4-13(2)5-7-14/h4-7,12,16,18-19H,3,8-11H2,1-2H3/t16?,18-,19+/m1/s1. The zero-order valence-electron chi connectivity index (χ0n) is 13.5. The molecule has 3 atom stereocenters. The highest BCUT2D eigenvalue weighted by atomic mass is 15.1. The predicted octanol–water partition coefficient (Wildman–Crippen LogP) is 4.60. The number of aryl methyl sites for hydroxylation is 2. The van der Waals surface area contributed by atoms with Crippen molar-refractivity contribution in [2.45, 2.75) is 46.0 Å². The van der Waals surface area contributed by atoms with Crippen molar-refractivity contribution in [1.29, 1.82) is 0 Å². The first-order chi connectivity index (χ1) is 10.8. The van der Waals surface area contributed by atoms with Gasteiger partial charge in [0.2, 0.25) is 0 Å². The maximum absolute atomic E-state index is 4.49. The molecule has 1 unspecified atom stereocenters. The van der Waals surface area contributed by atoms with Crippen molar-refractivity contribution in [2.75, 3.05) is 0 Å². The van der Waals surface area contributed by atoms with Gasteiger partial charge in [0.05, 0.1) is 11.9 Å². The van der Waals surface area contributed by atoms with E-state index in [-0.39, 0.29) is 0 Å². The molecule has 0 amide bonds.